The molecule has 0 bridgehead atoms. The van der Waals surface area contributed by atoms with Crippen LogP contribution in [0.4, 0.5) is 13.2 Å². The summed E-state index contributed by atoms with van der Waals surface area (Å²) in [5, 5.41) is 9.87. The number of aliphatic hydroxyl groups is 1. The molecular formula is C15H16F3NO2S. The normalized spacial score (nSPS) is 28.0. The van der Waals surface area contributed by atoms with Gasteiger partial charge in [0.25, 0.3) is 5.91 Å². The van der Waals surface area contributed by atoms with Crippen LogP contribution in [0.5, 0.6) is 0 Å². The number of aliphatic hydroxyl groups excluding tert-OH is 1. The number of halogens is 3. The molecule has 3 atom stereocenters. The summed E-state index contributed by atoms with van der Waals surface area (Å²) in [5.74, 6) is 0.313. The summed E-state index contributed by atoms with van der Waals surface area (Å²) < 4.78 is 36.8. The fraction of sp³-hybridized carbons (Fsp3) is 0.533. The average Bonchev–Trinajstić information content (AvgIpc) is 3.00. The fourth-order valence-electron chi connectivity index (χ4n) is 3.38. The van der Waals surface area contributed by atoms with Gasteiger partial charge >= 0.3 is 5.51 Å². The van der Waals surface area contributed by atoms with Gasteiger partial charge in [0.15, 0.2) is 0 Å². The maximum atomic E-state index is 12.4. The van der Waals surface area contributed by atoms with Crippen molar-refractivity contribution in [3.8, 4) is 0 Å². The molecule has 0 spiro atoms. The molecule has 1 aromatic rings. The molecule has 1 saturated heterocycles. The van der Waals surface area contributed by atoms with E-state index < -0.39 is 5.51 Å². The SMILES string of the molecule is O=C(c1ccc(SC(F)(F)F)cc1)N1CC2CCC(O)C2C1. The highest BCUT2D eigenvalue weighted by atomic mass is 32.2. The van der Waals surface area contributed by atoms with Crippen LogP contribution in [-0.2, 0) is 0 Å². The van der Waals surface area contributed by atoms with E-state index in [1.165, 1.54) is 24.3 Å². The summed E-state index contributed by atoms with van der Waals surface area (Å²) in [4.78, 5) is 14.2. The average molecular weight is 331 g/mol. The molecule has 1 aliphatic heterocycles. The second kappa shape index (κ2) is 5.77. The van der Waals surface area contributed by atoms with Gasteiger partial charge in [-0.1, -0.05) is 0 Å². The van der Waals surface area contributed by atoms with Crippen LogP contribution < -0.4 is 0 Å². The molecule has 7 heteroatoms. The molecule has 0 radical (unpaired) electrons. The number of benzene rings is 1. The van der Waals surface area contributed by atoms with E-state index >= 15 is 0 Å². The van der Waals surface area contributed by atoms with E-state index in [0.29, 0.717) is 24.6 Å². The van der Waals surface area contributed by atoms with Crippen LogP contribution in [0, 0.1) is 11.8 Å². The van der Waals surface area contributed by atoms with Crippen LogP contribution in [-0.4, -0.2) is 40.6 Å². The van der Waals surface area contributed by atoms with Gasteiger partial charge in [-0.15, -0.1) is 0 Å². The Balaban J connectivity index is 1.66. The number of hydrogen-bond donors (Lipinski definition) is 1. The van der Waals surface area contributed by atoms with E-state index in [1.54, 1.807) is 4.90 Å². The number of amides is 1. The molecule has 3 nitrogen and oxygen atoms in total. The molecule has 1 aromatic carbocycles. The molecule has 1 amide bonds. The Kier molecular flexibility index (Phi) is 4.11. The van der Waals surface area contributed by atoms with Crippen LogP contribution in [0.2, 0.25) is 0 Å². The zero-order chi connectivity index (χ0) is 15.9. The van der Waals surface area contributed by atoms with E-state index in [4.69, 9.17) is 0 Å². The van der Waals surface area contributed by atoms with Crippen molar-refractivity contribution in [2.45, 2.75) is 29.3 Å². The highest BCUT2D eigenvalue weighted by Gasteiger charge is 2.43. The Hall–Kier alpha value is -1.21. The zero-order valence-electron chi connectivity index (χ0n) is 11.7. The van der Waals surface area contributed by atoms with Crippen molar-refractivity contribution in [2.75, 3.05) is 13.1 Å². The highest BCUT2D eigenvalue weighted by Crippen LogP contribution is 2.39. The van der Waals surface area contributed by atoms with Gasteiger partial charge in [-0.2, -0.15) is 13.2 Å². The zero-order valence-corrected chi connectivity index (χ0v) is 12.5. The van der Waals surface area contributed by atoms with Gasteiger partial charge in [-0.25, -0.2) is 0 Å². The number of rotatable bonds is 2. The predicted octanol–water partition coefficient (Wildman–Crippen LogP) is 3.14. The standard InChI is InChI=1S/C15H16F3NO2S/c16-15(17,18)22-11-4-1-9(2-5-11)14(21)19-7-10-3-6-13(20)12(10)8-19/h1-2,4-5,10,12-13,20H,3,6-8H2. The molecule has 120 valence electrons. The van der Waals surface area contributed by atoms with Gasteiger partial charge in [-0.3, -0.25) is 4.79 Å². The van der Waals surface area contributed by atoms with Crippen molar-refractivity contribution in [3.63, 3.8) is 0 Å². The molecule has 1 saturated carbocycles. The first-order chi connectivity index (χ1) is 10.3. The second-order valence-corrected chi connectivity index (χ2v) is 6.99. The van der Waals surface area contributed by atoms with Gasteiger partial charge in [0, 0.05) is 29.5 Å². The molecular weight excluding hydrogens is 315 g/mol. The van der Waals surface area contributed by atoms with Crippen LogP contribution in [0.3, 0.4) is 0 Å². The lowest BCUT2D eigenvalue weighted by atomic mass is 10.00. The van der Waals surface area contributed by atoms with Crippen LogP contribution in [0.1, 0.15) is 23.2 Å². The lowest BCUT2D eigenvalue weighted by molar-refractivity contribution is -0.0328. The summed E-state index contributed by atoms with van der Waals surface area (Å²) in [6.45, 7) is 1.16. The number of carbonyl (C=O) groups excluding carboxylic acids is 1. The highest BCUT2D eigenvalue weighted by molar-refractivity contribution is 8.00. The molecule has 1 aliphatic carbocycles. The first kappa shape index (κ1) is 15.7. The number of fused-ring (bicyclic) bond motifs is 1. The number of carbonyl (C=O) groups is 1. The minimum Gasteiger partial charge on any atom is -0.393 e. The lowest BCUT2D eigenvalue weighted by Gasteiger charge is -2.18. The third kappa shape index (κ3) is 3.25. The van der Waals surface area contributed by atoms with Crippen molar-refractivity contribution in [1.82, 2.24) is 4.90 Å². The molecule has 1 heterocycles. The minimum atomic E-state index is -4.33. The number of alkyl halides is 3. The molecule has 3 rings (SSSR count). The number of nitrogens with zero attached hydrogens (tertiary/aromatic N) is 1. The smallest absolute Gasteiger partial charge is 0.393 e. The first-order valence-electron chi connectivity index (χ1n) is 7.16. The van der Waals surface area contributed by atoms with Crippen molar-refractivity contribution in [1.29, 1.82) is 0 Å². The molecule has 2 fully saturated rings. The van der Waals surface area contributed by atoms with Gasteiger partial charge < -0.3 is 10.0 Å². The maximum absolute atomic E-state index is 12.4. The maximum Gasteiger partial charge on any atom is 0.446 e. The second-order valence-electron chi connectivity index (χ2n) is 5.85. The van der Waals surface area contributed by atoms with Crippen molar-refractivity contribution < 1.29 is 23.1 Å². The van der Waals surface area contributed by atoms with Crippen molar-refractivity contribution in [2.24, 2.45) is 11.8 Å². The van der Waals surface area contributed by atoms with Crippen molar-refractivity contribution >= 4 is 17.7 Å². The third-order valence-electron chi connectivity index (χ3n) is 4.44. The van der Waals surface area contributed by atoms with Gasteiger partial charge in [0.05, 0.1) is 6.10 Å². The minimum absolute atomic E-state index is 0.0674. The molecule has 2 aliphatic rings. The summed E-state index contributed by atoms with van der Waals surface area (Å²) in [6.07, 6.45) is 1.38. The number of thioether (sulfide) groups is 1. The van der Waals surface area contributed by atoms with Crippen LogP contribution >= 0.6 is 11.8 Å². The Morgan fingerprint density at radius 1 is 1.18 bits per heavy atom. The molecule has 3 unspecified atom stereocenters. The summed E-state index contributed by atoms with van der Waals surface area (Å²) in [6, 6.07) is 5.50. The Morgan fingerprint density at radius 2 is 1.86 bits per heavy atom. The number of likely N-dealkylation sites (tertiary alicyclic amines) is 1. The van der Waals surface area contributed by atoms with Gasteiger partial charge in [0.1, 0.15) is 0 Å². The van der Waals surface area contributed by atoms with Crippen molar-refractivity contribution in [3.05, 3.63) is 29.8 Å². The van der Waals surface area contributed by atoms with Crippen LogP contribution in [0.25, 0.3) is 0 Å². The number of hydrogen-bond acceptors (Lipinski definition) is 3. The van der Waals surface area contributed by atoms with Gasteiger partial charge in [-0.05, 0) is 54.8 Å². The summed E-state index contributed by atoms with van der Waals surface area (Å²) >= 11 is -0.191. The molecule has 1 N–H and O–H groups in total. The van der Waals surface area contributed by atoms with E-state index in [1.807, 2.05) is 0 Å². The quantitative estimate of drug-likeness (QED) is 0.847. The Bertz CT molecular complexity index is 561. The van der Waals surface area contributed by atoms with E-state index in [-0.39, 0.29) is 34.6 Å². The molecule has 22 heavy (non-hydrogen) atoms. The lowest BCUT2D eigenvalue weighted by Crippen LogP contribution is -2.31. The van der Waals surface area contributed by atoms with Crippen LogP contribution in [0.15, 0.2) is 29.2 Å². The fourth-order valence-corrected chi connectivity index (χ4v) is 3.92. The Morgan fingerprint density at radius 3 is 2.45 bits per heavy atom. The molecule has 0 aromatic heterocycles. The largest absolute Gasteiger partial charge is 0.446 e. The Labute approximate surface area is 130 Å². The topological polar surface area (TPSA) is 40.5 Å². The first-order valence-corrected chi connectivity index (χ1v) is 7.98. The third-order valence-corrected chi connectivity index (χ3v) is 5.18. The van der Waals surface area contributed by atoms with E-state index in [9.17, 15) is 23.1 Å². The monoisotopic (exact) mass is 331 g/mol. The predicted molar refractivity (Wildman–Crippen MR) is 76.5 cm³/mol. The summed E-state index contributed by atoms with van der Waals surface area (Å²) in [5.41, 5.74) is -3.94. The van der Waals surface area contributed by atoms with Gasteiger partial charge in [0.2, 0.25) is 0 Å². The van der Waals surface area contributed by atoms with E-state index in [2.05, 4.69) is 0 Å². The summed E-state index contributed by atoms with van der Waals surface area (Å²) in [7, 11) is 0. The van der Waals surface area contributed by atoms with E-state index in [0.717, 1.165) is 12.8 Å².